The molecule has 16 nitrogen and oxygen atoms in total. The summed E-state index contributed by atoms with van der Waals surface area (Å²) in [5.41, 5.74) is 7.09. The van der Waals surface area contributed by atoms with Crippen LogP contribution in [0.15, 0.2) is 141 Å². The van der Waals surface area contributed by atoms with Gasteiger partial charge < -0.3 is 28.2 Å². The van der Waals surface area contributed by atoms with Crippen LogP contribution < -0.4 is 0 Å². The predicted molar refractivity (Wildman–Crippen MR) is 235 cm³/mol. The van der Waals surface area contributed by atoms with Crippen molar-refractivity contribution in [3.63, 3.8) is 0 Å². The number of hydrogen-bond acceptors (Lipinski definition) is 12. The van der Waals surface area contributed by atoms with Crippen LogP contribution >= 0.6 is 0 Å². The third kappa shape index (κ3) is 8.89. The van der Waals surface area contributed by atoms with Gasteiger partial charge in [0, 0.05) is 44.3 Å². The van der Waals surface area contributed by atoms with Crippen LogP contribution in [0.4, 0.5) is 0 Å². The Morgan fingerprint density at radius 3 is 0.892 bits per heavy atom. The summed E-state index contributed by atoms with van der Waals surface area (Å²) in [5, 5.41) is 0. The van der Waals surface area contributed by atoms with Gasteiger partial charge in [0.05, 0.1) is 32.6 Å². The quantitative estimate of drug-likeness (QED) is 0.0864. The van der Waals surface area contributed by atoms with E-state index in [2.05, 4.69) is 9.97 Å². The molecular weight excluding hydrogens is 960 g/mol. The summed E-state index contributed by atoms with van der Waals surface area (Å²) in [5.74, 6) is 0. The van der Waals surface area contributed by atoms with Gasteiger partial charge in [-0.25, -0.2) is 35.2 Å². The van der Waals surface area contributed by atoms with Crippen LogP contribution in [0.25, 0.3) is 90.9 Å². The van der Waals surface area contributed by atoms with E-state index in [0.717, 1.165) is 0 Å². The summed E-state index contributed by atoms with van der Waals surface area (Å²) in [6.07, 6.45) is 6.80. The molecule has 3 aromatic heterocycles. The minimum Gasteiger partial charge on any atom is -0.744 e. The van der Waals surface area contributed by atoms with Crippen molar-refractivity contribution in [3.8, 4) is 44.5 Å². The number of H-pyrrole nitrogens is 2. The van der Waals surface area contributed by atoms with Crippen molar-refractivity contribution in [3.05, 3.63) is 144 Å². The van der Waals surface area contributed by atoms with Crippen molar-refractivity contribution in [2.75, 3.05) is 0 Å². The molecular formula is C44H28MnN4O12S4+. The van der Waals surface area contributed by atoms with Crippen LogP contribution in [0, 0.1) is 0 Å². The van der Waals surface area contributed by atoms with Gasteiger partial charge in [0.15, 0.2) is 0 Å². The normalized spacial score (nSPS) is 14.3. The van der Waals surface area contributed by atoms with Gasteiger partial charge in [0.25, 0.3) is 20.2 Å². The Hall–Kier alpha value is -6.36. The molecule has 4 N–H and O–H groups in total. The standard InChI is InChI=1S/C44H30N4O12S4.Mn/c49-61(50,51)29-9-1-25(2-10-29)41-33-17-19-35(45-33)42(26-3-11-30(12-4-26)62(52,53)54)37-21-23-39(47-37)44(28-7-15-32(16-8-28)64(58,59)60)40-24-22-38(48-40)43(36-20-18-34(41)46-36)27-5-13-31(14-6-27)63(55,56)57;/h1-24,45-46H,(H,49,50,51)(H,52,53,54)(H,55,56,57)(H,58,59,60);/q;+3/p-2. The van der Waals surface area contributed by atoms with Crippen LogP contribution in [0.3, 0.4) is 0 Å². The molecule has 65 heavy (non-hydrogen) atoms. The van der Waals surface area contributed by atoms with Crippen LogP contribution in [-0.4, -0.2) is 71.8 Å². The SMILES string of the molecule is O=S(=O)([O-])c1ccc(-c2c3nc(c(-c4ccc(S(=O)(=O)[O-])cc4)c4ccc([nH]4)c(-c4ccc(S(=O)([O-])=[OH+])cc4)c4ccc([nH]4)c(-c4ccc(S(=O)([O-])=[OH+])cc4)c4nc2C=C4)C=C3)cc1.[Mn+3]. The molecule has 5 heterocycles. The minimum atomic E-state index is -4.80. The van der Waals surface area contributed by atoms with Crippen molar-refractivity contribution in [2.24, 2.45) is 0 Å². The molecule has 2 aliphatic rings. The van der Waals surface area contributed by atoms with Crippen LogP contribution in [0.1, 0.15) is 22.8 Å². The maximum atomic E-state index is 12.0. The molecule has 326 valence electrons. The molecule has 9 rings (SSSR count). The summed E-state index contributed by atoms with van der Waals surface area (Å²) in [6.45, 7) is 0. The van der Waals surface area contributed by atoms with Crippen LogP contribution in [0.5, 0.6) is 0 Å². The van der Waals surface area contributed by atoms with Crippen molar-refractivity contribution in [1.82, 2.24) is 19.9 Å². The maximum Gasteiger partial charge on any atom is 3.00 e. The second-order valence-electron chi connectivity index (χ2n) is 14.5. The number of rotatable bonds is 8. The van der Waals surface area contributed by atoms with Gasteiger partial charge in [0.1, 0.15) is 30.0 Å². The topological polar surface area (TPSA) is 295 Å². The Morgan fingerprint density at radius 2 is 0.600 bits per heavy atom. The maximum absolute atomic E-state index is 12.0. The first-order valence-electron chi connectivity index (χ1n) is 18.7. The fourth-order valence-corrected chi connectivity index (χ4v) is 9.48. The number of nitrogens with zero attached hydrogens (tertiary/aromatic N) is 2. The molecule has 0 fully saturated rings. The van der Waals surface area contributed by atoms with Crippen LogP contribution in [0.2, 0.25) is 0 Å². The number of benzene rings is 4. The van der Waals surface area contributed by atoms with Crippen molar-refractivity contribution in [2.45, 2.75) is 19.6 Å². The molecule has 0 aliphatic carbocycles. The molecule has 8 bridgehead atoms. The molecule has 7 aromatic rings. The van der Waals surface area contributed by atoms with Gasteiger partial charge in [-0.15, -0.1) is 0 Å². The Bertz CT molecular complexity index is 3620. The third-order valence-corrected chi connectivity index (χ3v) is 13.9. The number of aromatic nitrogens is 4. The van der Waals surface area contributed by atoms with E-state index in [4.69, 9.17) is 9.97 Å². The molecule has 2 unspecified atom stereocenters. The second kappa shape index (κ2) is 16.6. The zero-order valence-corrected chi connectivity index (χ0v) is 37.2. The van der Waals surface area contributed by atoms with Crippen molar-refractivity contribution >= 4 is 86.8 Å². The first-order chi connectivity index (χ1) is 30.2. The smallest absolute Gasteiger partial charge is 0.744 e. The molecule has 0 spiro atoms. The number of nitrogens with one attached hydrogen (secondary N) is 2. The zero-order chi connectivity index (χ0) is 45.3. The summed E-state index contributed by atoms with van der Waals surface area (Å²) in [6, 6.07) is 28.5. The van der Waals surface area contributed by atoms with Crippen molar-refractivity contribution in [1.29, 1.82) is 0 Å². The minimum absolute atomic E-state index is 0. The monoisotopic (exact) mass is 987 g/mol. The number of hydrogen-bond donors (Lipinski definition) is 2. The molecule has 2 aliphatic heterocycles. The summed E-state index contributed by atoms with van der Waals surface area (Å²) in [7, 11) is -18.7. The van der Waals surface area contributed by atoms with E-state index in [0.29, 0.717) is 89.4 Å². The predicted octanol–water partition coefficient (Wildman–Crippen LogP) is 7.25. The molecule has 4 aromatic carbocycles. The van der Waals surface area contributed by atoms with E-state index in [9.17, 15) is 51.9 Å². The first-order valence-corrected chi connectivity index (χ1v) is 24.4. The van der Waals surface area contributed by atoms with Gasteiger partial charge in [-0.3, -0.25) is 0 Å². The molecule has 0 saturated carbocycles. The third-order valence-electron chi connectivity index (χ3n) is 10.5. The summed E-state index contributed by atoms with van der Waals surface area (Å²) in [4.78, 5) is 15.3. The Morgan fingerprint density at radius 1 is 0.354 bits per heavy atom. The molecule has 0 amide bonds. The zero-order valence-electron chi connectivity index (χ0n) is 32.7. The summed E-state index contributed by atoms with van der Waals surface area (Å²) >= 11 is 0. The van der Waals surface area contributed by atoms with Gasteiger partial charge in [-0.1, -0.05) is 48.5 Å². The molecule has 21 heteroatoms. The molecule has 2 atom stereocenters. The average Bonchev–Trinajstić information content (AvgIpc) is 4.08. The average molecular weight is 988 g/mol. The first kappa shape index (κ1) is 45.2. The Labute approximate surface area is 381 Å². The molecule has 0 saturated heterocycles. The van der Waals surface area contributed by atoms with Gasteiger partial charge in [0.2, 0.25) is 0 Å². The van der Waals surface area contributed by atoms with E-state index in [1.165, 1.54) is 97.1 Å². The van der Waals surface area contributed by atoms with E-state index < -0.39 is 50.3 Å². The largest absolute Gasteiger partial charge is 3.00 e. The van der Waals surface area contributed by atoms with E-state index in [1.807, 2.05) is 0 Å². The number of fused-ring (bicyclic) bond motifs is 8. The van der Waals surface area contributed by atoms with E-state index in [-0.39, 0.29) is 26.9 Å². The van der Waals surface area contributed by atoms with Gasteiger partial charge in [-0.2, -0.15) is 8.42 Å². The fourth-order valence-electron chi connectivity index (χ4n) is 7.58. The number of aromatic amines is 2. The van der Waals surface area contributed by atoms with Crippen molar-refractivity contribution < 1.29 is 69.0 Å². The summed E-state index contributed by atoms with van der Waals surface area (Å²) < 4.78 is 139. The Balaban J connectivity index is 0.00000576. The Kier molecular flexibility index (Phi) is 11.5. The molecule has 0 radical (unpaired) electrons. The van der Waals surface area contributed by atoms with E-state index in [1.54, 1.807) is 48.6 Å². The second-order valence-corrected chi connectivity index (χ2v) is 20.1. The van der Waals surface area contributed by atoms with Crippen LogP contribution in [-0.2, 0) is 57.5 Å². The van der Waals surface area contributed by atoms with Gasteiger partial charge in [-0.05, 0) is 119 Å². The van der Waals surface area contributed by atoms with E-state index >= 15 is 0 Å². The fraction of sp³-hybridized carbons (Fsp3) is 0. The van der Waals surface area contributed by atoms with Gasteiger partial charge >= 0.3 is 17.1 Å².